The normalized spacial score (nSPS) is 16.0. The fourth-order valence-electron chi connectivity index (χ4n) is 3.64. The van der Waals surface area contributed by atoms with Gasteiger partial charge in [0.1, 0.15) is 5.75 Å². The first kappa shape index (κ1) is 20.1. The summed E-state index contributed by atoms with van der Waals surface area (Å²) in [4.78, 5) is 24.3. The third-order valence-electron chi connectivity index (χ3n) is 4.98. The third kappa shape index (κ3) is 4.50. The first-order valence-corrected chi connectivity index (χ1v) is 10.2. The summed E-state index contributed by atoms with van der Waals surface area (Å²) in [6, 6.07) is 11.9. The molecule has 2 aromatic rings. The molecule has 1 heterocycles. The summed E-state index contributed by atoms with van der Waals surface area (Å²) in [6.45, 7) is 3.46. The van der Waals surface area contributed by atoms with E-state index in [1.165, 1.54) is 0 Å². The molecule has 7 nitrogen and oxygen atoms in total. The number of rotatable bonds is 6. The number of fused-ring (bicyclic) bond motifs is 1. The Hall–Kier alpha value is -3.22. The van der Waals surface area contributed by atoms with Gasteiger partial charge in [-0.15, -0.1) is 0 Å². The Balaban J connectivity index is 1.29. The summed E-state index contributed by atoms with van der Waals surface area (Å²) in [5.74, 6) is 0.423. The minimum absolute atomic E-state index is 0.0476. The van der Waals surface area contributed by atoms with Crippen LogP contribution in [0.3, 0.4) is 0 Å². The fourth-order valence-corrected chi connectivity index (χ4v) is 3.64. The fraction of sp³-hybridized carbons (Fsp3) is 0.391. The van der Waals surface area contributed by atoms with Gasteiger partial charge in [0, 0.05) is 24.6 Å². The largest absolute Gasteiger partial charge is 0.491 e. The second-order valence-electron chi connectivity index (χ2n) is 7.80. The molecule has 0 bridgehead atoms. The van der Waals surface area contributed by atoms with E-state index in [1.807, 2.05) is 13.8 Å². The molecule has 2 aromatic carbocycles. The average Bonchev–Trinajstić information content (AvgIpc) is 3.31. The second kappa shape index (κ2) is 8.26. The van der Waals surface area contributed by atoms with Crippen LogP contribution in [-0.4, -0.2) is 30.4 Å². The second-order valence-corrected chi connectivity index (χ2v) is 7.80. The van der Waals surface area contributed by atoms with Crippen LogP contribution in [0.2, 0.25) is 0 Å². The molecular formula is C23H25NO6. The number of carbonyl (C=O) groups excluding carboxylic acids is 2. The van der Waals surface area contributed by atoms with E-state index in [2.05, 4.69) is 5.32 Å². The van der Waals surface area contributed by atoms with Crippen LogP contribution in [0.25, 0.3) is 0 Å². The molecule has 7 heteroatoms. The molecule has 0 aromatic heterocycles. The molecule has 0 radical (unpaired) electrons. The first-order chi connectivity index (χ1) is 14.4. The zero-order valence-electron chi connectivity index (χ0n) is 17.1. The van der Waals surface area contributed by atoms with Crippen molar-refractivity contribution in [2.24, 2.45) is 0 Å². The van der Waals surface area contributed by atoms with Gasteiger partial charge in [-0.05, 0) is 63.1 Å². The highest BCUT2D eigenvalue weighted by Gasteiger charge is 2.44. The smallest absolute Gasteiger partial charge is 0.338 e. The van der Waals surface area contributed by atoms with Gasteiger partial charge in [-0.2, -0.15) is 0 Å². The number of amides is 1. The highest BCUT2D eigenvalue weighted by molar-refractivity contribution is 5.95. The van der Waals surface area contributed by atoms with Crippen LogP contribution in [0.1, 0.15) is 49.9 Å². The van der Waals surface area contributed by atoms with Crippen molar-refractivity contribution in [3.05, 3.63) is 48.0 Å². The van der Waals surface area contributed by atoms with Gasteiger partial charge in [0.05, 0.1) is 11.7 Å². The SMILES string of the molecule is CC(C)Oc1ccc(C(=O)OCC(=O)Nc2ccc3c(c2)OC2(CCCC2)O3)cc1. The highest BCUT2D eigenvalue weighted by atomic mass is 16.7. The molecule has 1 aliphatic heterocycles. The molecule has 1 aliphatic carbocycles. The van der Waals surface area contributed by atoms with Gasteiger partial charge < -0.3 is 24.3 Å². The Bertz CT molecular complexity index is 931. The van der Waals surface area contributed by atoms with Gasteiger partial charge in [0.2, 0.25) is 0 Å². The molecule has 1 fully saturated rings. The molecule has 1 N–H and O–H groups in total. The molecular weight excluding hydrogens is 386 g/mol. The van der Waals surface area contributed by atoms with Crippen molar-refractivity contribution >= 4 is 17.6 Å². The van der Waals surface area contributed by atoms with E-state index < -0.39 is 17.7 Å². The topological polar surface area (TPSA) is 83.1 Å². The van der Waals surface area contributed by atoms with Crippen molar-refractivity contribution in [3.63, 3.8) is 0 Å². The molecule has 2 aliphatic rings. The summed E-state index contributed by atoms with van der Waals surface area (Å²) in [7, 11) is 0. The lowest BCUT2D eigenvalue weighted by Gasteiger charge is -2.21. The van der Waals surface area contributed by atoms with E-state index in [4.69, 9.17) is 18.9 Å². The molecule has 1 amide bonds. The van der Waals surface area contributed by atoms with Crippen LogP contribution in [0, 0.1) is 0 Å². The molecule has 4 rings (SSSR count). The van der Waals surface area contributed by atoms with E-state index in [-0.39, 0.29) is 12.7 Å². The summed E-state index contributed by atoms with van der Waals surface area (Å²) < 4.78 is 22.6. The quantitative estimate of drug-likeness (QED) is 0.713. The van der Waals surface area contributed by atoms with Gasteiger partial charge >= 0.3 is 5.97 Å². The maximum absolute atomic E-state index is 12.2. The maximum atomic E-state index is 12.2. The predicted molar refractivity (Wildman–Crippen MR) is 110 cm³/mol. The van der Waals surface area contributed by atoms with Crippen molar-refractivity contribution in [2.45, 2.75) is 51.4 Å². The van der Waals surface area contributed by atoms with Crippen molar-refractivity contribution in [3.8, 4) is 17.2 Å². The Kier molecular flexibility index (Phi) is 5.53. The summed E-state index contributed by atoms with van der Waals surface area (Å²) in [6.07, 6.45) is 3.94. The highest BCUT2D eigenvalue weighted by Crippen LogP contribution is 2.47. The number of carbonyl (C=O) groups is 2. The van der Waals surface area contributed by atoms with E-state index in [9.17, 15) is 9.59 Å². The summed E-state index contributed by atoms with van der Waals surface area (Å²) >= 11 is 0. The Morgan fingerprint density at radius 2 is 1.73 bits per heavy atom. The van der Waals surface area contributed by atoms with E-state index >= 15 is 0 Å². The monoisotopic (exact) mass is 411 g/mol. The van der Waals surface area contributed by atoms with Crippen LogP contribution < -0.4 is 19.5 Å². The summed E-state index contributed by atoms with van der Waals surface area (Å²) in [5, 5.41) is 2.72. The lowest BCUT2D eigenvalue weighted by molar-refractivity contribution is -0.119. The molecule has 0 unspecified atom stereocenters. The van der Waals surface area contributed by atoms with Crippen LogP contribution in [-0.2, 0) is 9.53 Å². The molecule has 0 saturated heterocycles. The van der Waals surface area contributed by atoms with Crippen molar-refractivity contribution in [1.29, 1.82) is 0 Å². The molecule has 1 saturated carbocycles. The predicted octanol–water partition coefficient (Wildman–Crippen LogP) is 4.31. The van der Waals surface area contributed by atoms with E-state index in [0.717, 1.165) is 25.7 Å². The minimum Gasteiger partial charge on any atom is -0.491 e. The standard InChI is InChI=1S/C23H25NO6/c1-15(2)28-18-8-5-16(6-9-18)22(26)27-14-21(25)24-17-7-10-19-20(13-17)30-23(29-19)11-3-4-12-23/h5-10,13,15H,3-4,11-12,14H2,1-2H3,(H,24,25). The lowest BCUT2D eigenvalue weighted by atomic mass is 10.2. The Morgan fingerprint density at radius 3 is 2.43 bits per heavy atom. The Morgan fingerprint density at radius 1 is 1.03 bits per heavy atom. The number of benzene rings is 2. The molecule has 0 atom stereocenters. The first-order valence-electron chi connectivity index (χ1n) is 10.2. The molecule has 158 valence electrons. The number of anilines is 1. The number of hydrogen-bond acceptors (Lipinski definition) is 6. The van der Waals surface area contributed by atoms with Gasteiger partial charge in [-0.25, -0.2) is 4.79 Å². The van der Waals surface area contributed by atoms with Gasteiger partial charge in [0.15, 0.2) is 18.1 Å². The van der Waals surface area contributed by atoms with Crippen LogP contribution in [0.15, 0.2) is 42.5 Å². The minimum atomic E-state index is -0.574. The zero-order valence-corrected chi connectivity index (χ0v) is 17.1. The molecule has 1 spiro atoms. The molecule has 30 heavy (non-hydrogen) atoms. The van der Waals surface area contributed by atoms with Crippen molar-refractivity contribution in [1.82, 2.24) is 0 Å². The number of esters is 1. The number of hydrogen-bond donors (Lipinski definition) is 1. The Labute approximate surface area is 175 Å². The maximum Gasteiger partial charge on any atom is 0.338 e. The van der Waals surface area contributed by atoms with Crippen LogP contribution in [0.4, 0.5) is 5.69 Å². The van der Waals surface area contributed by atoms with Crippen LogP contribution in [0.5, 0.6) is 17.2 Å². The van der Waals surface area contributed by atoms with E-state index in [1.54, 1.807) is 42.5 Å². The summed E-state index contributed by atoms with van der Waals surface area (Å²) in [5.41, 5.74) is 0.910. The van der Waals surface area contributed by atoms with Gasteiger partial charge in [-0.3, -0.25) is 4.79 Å². The third-order valence-corrected chi connectivity index (χ3v) is 4.98. The number of nitrogens with one attached hydrogen (secondary N) is 1. The average molecular weight is 411 g/mol. The van der Waals surface area contributed by atoms with E-state index in [0.29, 0.717) is 28.5 Å². The zero-order chi connectivity index (χ0) is 21.1. The van der Waals surface area contributed by atoms with Gasteiger partial charge in [-0.1, -0.05) is 0 Å². The van der Waals surface area contributed by atoms with Gasteiger partial charge in [0.25, 0.3) is 11.7 Å². The van der Waals surface area contributed by atoms with Crippen molar-refractivity contribution in [2.75, 3.05) is 11.9 Å². The van der Waals surface area contributed by atoms with Crippen molar-refractivity contribution < 1.29 is 28.5 Å². The van der Waals surface area contributed by atoms with Crippen LogP contribution >= 0.6 is 0 Å². The number of ether oxygens (including phenoxy) is 4. The lowest BCUT2D eigenvalue weighted by Crippen LogP contribution is -2.34.